The fourth-order valence-electron chi connectivity index (χ4n) is 1.47. The molecule has 0 aliphatic carbocycles. The summed E-state index contributed by atoms with van der Waals surface area (Å²) < 4.78 is 0. The van der Waals surface area contributed by atoms with E-state index < -0.39 is 6.10 Å². The fraction of sp³-hybridized carbons (Fsp3) is 0.417. The Kier molecular flexibility index (Phi) is 4.46. The van der Waals surface area contributed by atoms with E-state index in [4.69, 9.17) is 5.73 Å². The van der Waals surface area contributed by atoms with E-state index in [1.54, 1.807) is 0 Å². The standard InChI is InChI=1S/C12H17NO2/c1-9(14)7-12(15)11(13)8-10-5-3-2-4-6-10/h2-6,11-12,15H,7-8,13H2,1H3. The first-order valence-electron chi connectivity index (χ1n) is 5.06. The van der Waals surface area contributed by atoms with Crippen molar-refractivity contribution in [1.29, 1.82) is 0 Å². The van der Waals surface area contributed by atoms with Crippen molar-refractivity contribution in [2.45, 2.75) is 31.9 Å². The lowest BCUT2D eigenvalue weighted by Crippen LogP contribution is -2.37. The molecule has 2 atom stereocenters. The van der Waals surface area contributed by atoms with Crippen LogP contribution in [-0.2, 0) is 11.2 Å². The van der Waals surface area contributed by atoms with Gasteiger partial charge in [-0.1, -0.05) is 30.3 Å². The first kappa shape index (κ1) is 11.9. The lowest BCUT2D eigenvalue weighted by Gasteiger charge is -2.17. The van der Waals surface area contributed by atoms with Crippen LogP contribution in [0.3, 0.4) is 0 Å². The number of carbonyl (C=O) groups is 1. The number of hydrogen-bond donors (Lipinski definition) is 2. The minimum absolute atomic E-state index is 0.0361. The summed E-state index contributed by atoms with van der Waals surface area (Å²) in [6.07, 6.45) is -0.0220. The lowest BCUT2D eigenvalue weighted by atomic mass is 9.99. The summed E-state index contributed by atoms with van der Waals surface area (Å²) >= 11 is 0. The second-order valence-corrected chi connectivity index (χ2v) is 3.83. The molecule has 0 bridgehead atoms. The molecule has 0 aromatic heterocycles. The first-order chi connectivity index (χ1) is 7.09. The smallest absolute Gasteiger partial charge is 0.132 e. The Morgan fingerprint density at radius 1 is 1.40 bits per heavy atom. The van der Waals surface area contributed by atoms with Crippen LogP contribution in [0.25, 0.3) is 0 Å². The highest BCUT2D eigenvalue weighted by atomic mass is 16.3. The number of hydrogen-bond acceptors (Lipinski definition) is 3. The van der Waals surface area contributed by atoms with Crippen LogP contribution in [0, 0.1) is 0 Å². The highest BCUT2D eigenvalue weighted by Gasteiger charge is 2.16. The van der Waals surface area contributed by atoms with Gasteiger partial charge in [0.2, 0.25) is 0 Å². The van der Waals surface area contributed by atoms with E-state index in [-0.39, 0.29) is 18.2 Å². The Morgan fingerprint density at radius 3 is 2.53 bits per heavy atom. The van der Waals surface area contributed by atoms with Crippen LogP contribution >= 0.6 is 0 Å². The van der Waals surface area contributed by atoms with Crippen molar-refractivity contribution >= 4 is 5.78 Å². The molecule has 3 N–H and O–H groups in total. The molecule has 0 aliphatic heterocycles. The summed E-state index contributed by atoms with van der Waals surface area (Å²) in [4.78, 5) is 10.8. The number of carbonyl (C=O) groups excluding carboxylic acids is 1. The predicted octanol–water partition coefficient (Wildman–Crippen LogP) is 0.896. The maximum Gasteiger partial charge on any atom is 0.132 e. The zero-order valence-corrected chi connectivity index (χ0v) is 8.89. The normalized spacial score (nSPS) is 14.6. The van der Waals surface area contributed by atoms with Crippen molar-refractivity contribution in [3.8, 4) is 0 Å². The van der Waals surface area contributed by atoms with E-state index in [2.05, 4.69) is 0 Å². The number of ketones is 1. The van der Waals surface area contributed by atoms with Gasteiger partial charge in [0.1, 0.15) is 5.78 Å². The molecule has 3 heteroatoms. The summed E-state index contributed by atoms with van der Waals surface area (Å²) in [6.45, 7) is 1.46. The van der Waals surface area contributed by atoms with Gasteiger partial charge in [-0.15, -0.1) is 0 Å². The number of nitrogens with two attached hydrogens (primary N) is 1. The lowest BCUT2D eigenvalue weighted by molar-refractivity contribution is -0.119. The Bertz CT molecular complexity index is 311. The van der Waals surface area contributed by atoms with E-state index in [1.165, 1.54) is 6.92 Å². The van der Waals surface area contributed by atoms with Crippen LogP contribution in [0.5, 0.6) is 0 Å². The summed E-state index contributed by atoms with van der Waals surface area (Å²) in [7, 11) is 0. The van der Waals surface area contributed by atoms with Gasteiger partial charge >= 0.3 is 0 Å². The third-order valence-corrected chi connectivity index (χ3v) is 2.31. The van der Waals surface area contributed by atoms with E-state index in [1.807, 2.05) is 30.3 Å². The fourth-order valence-corrected chi connectivity index (χ4v) is 1.47. The molecule has 1 aromatic rings. The van der Waals surface area contributed by atoms with Crippen LogP contribution in [0.4, 0.5) is 0 Å². The molecule has 0 heterocycles. The highest BCUT2D eigenvalue weighted by Crippen LogP contribution is 2.06. The molecule has 0 saturated carbocycles. The zero-order chi connectivity index (χ0) is 11.3. The molecule has 0 aliphatic rings. The van der Waals surface area contributed by atoms with Crippen molar-refractivity contribution < 1.29 is 9.90 Å². The van der Waals surface area contributed by atoms with Crippen molar-refractivity contribution in [2.24, 2.45) is 5.73 Å². The average molecular weight is 207 g/mol. The van der Waals surface area contributed by atoms with Crippen LogP contribution < -0.4 is 5.73 Å². The van der Waals surface area contributed by atoms with Gasteiger partial charge < -0.3 is 10.8 Å². The SMILES string of the molecule is CC(=O)CC(O)C(N)Cc1ccccc1. The van der Waals surface area contributed by atoms with Gasteiger partial charge in [0, 0.05) is 12.5 Å². The number of aliphatic hydroxyl groups excluding tert-OH is 1. The molecule has 2 unspecified atom stereocenters. The Hall–Kier alpha value is -1.19. The zero-order valence-electron chi connectivity index (χ0n) is 8.89. The minimum Gasteiger partial charge on any atom is -0.391 e. The second kappa shape index (κ2) is 5.63. The average Bonchev–Trinajstić information content (AvgIpc) is 2.18. The Balaban J connectivity index is 2.48. The molecular formula is C12H17NO2. The molecule has 82 valence electrons. The number of aliphatic hydroxyl groups is 1. The van der Waals surface area contributed by atoms with Crippen molar-refractivity contribution in [3.05, 3.63) is 35.9 Å². The van der Waals surface area contributed by atoms with Gasteiger partial charge in [-0.05, 0) is 18.9 Å². The third kappa shape index (κ3) is 4.23. The molecule has 15 heavy (non-hydrogen) atoms. The molecule has 0 amide bonds. The van der Waals surface area contributed by atoms with Gasteiger partial charge in [0.25, 0.3) is 0 Å². The Labute approximate surface area is 89.9 Å². The van der Waals surface area contributed by atoms with Crippen LogP contribution in [0.1, 0.15) is 18.9 Å². The van der Waals surface area contributed by atoms with Crippen molar-refractivity contribution in [2.75, 3.05) is 0 Å². The predicted molar refractivity (Wildman–Crippen MR) is 59.4 cm³/mol. The van der Waals surface area contributed by atoms with E-state index >= 15 is 0 Å². The topological polar surface area (TPSA) is 63.3 Å². The van der Waals surface area contributed by atoms with Gasteiger partial charge in [-0.25, -0.2) is 0 Å². The largest absolute Gasteiger partial charge is 0.391 e. The first-order valence-corrected chi connectivity index (χ1v) is 5.06. The number of rotatable bonds is 5. The van der Waals surface area contributed by atoms with Crippen LogP contribution in [0.2, 0.25) is 0 Å². The molecule has 1 aromatic carbocycles. The molecule has 0 radical (unpaired) electrons. The molecule has 0 fully saturated rings. The maximum atomic E-state index is 10.8. The van der Waals surface area contributed by atoms with Crippen molar-refractivity contribution in [1.82, 2.24) is 0 Å². The quantitative estimate of drug-likeness (QED) is 0.754. The number of Topliss-reactive ketones (excluding diaryl/α,β-unsaturated/α-hetero) is 1. The van der Waals surface area contributed by atoms with E-state index in [0.29, 0.717) is 6.42 Å². The maximum absolute atomic E-state index is 10.8. The monoisotopic (exact) mass is 207 g/mol. The summed E-state index contributed by atoms with van der Waals surface area (Å²) in [6, 6.07) is 9.33. The molecule has 3 nitrogen and oxygen atoms in total. The van der Waals surface area contributed by atoms with Gasteiger partial charge in [0.05, 0.1) is 6.10 Å². The van der Waals surface area contributed by atoms with Gasteiger partial charge in [-0.2, -0.15) is 0 Å². The van der Waals surface area contributed by atoms with Gasteiger partial charge in [-0.3, -0.25) is 4.79 Å². The molecule has 0 spiro atoms. The minimum atomic E-state index is -0.747. The molecule has 0 saturated heterocycles. The van der Waals surface area contributed by atoms with Gasteiger partial charge in [0.15, 0.2) is 0 Å². The van der Waals surface area contributed by atoms with E-state index in [0.717, 1.165) is 5.56 Å². The number of benzene rings is 1. The second-order valence-electron chi connectivity index (χ2n) is 3.83. The van der Waals surface area contributed by atoms with Crippen LogP contribution in [-0.4, -0.2) is 23.0 Å². The third-order valence-electron chi connectivity index (χ3n) is 2.31. The summed E-state index contributed by atoms with van der Waals surface area (Å²) in [5.74, 6) is -0.0361. The van der Waals surface area contributed by atoms with Crippen LogP contribution in [0.15, 0.2) is 30.3 Å². The molecule has 1 rings (SSSR count). The van der Waals surface area contributed by atoms with E-state index in [9.17, 15) is 9.90 Å². The highest BCUT2D eigenvalue weighted by molar-refractivity contribution is 5.76. The summed E-state index contributed by atoms with van der Waals surface area (Å²) in [5.41, 5.74) is 6.87. The Morgan fingerprint density at radius 2 is 2.00 bits per heavy atom. The molecular weight excluding hydrogens is 190 g/mol. The van der Waals surface area contributed by atoms with Crippen molar-refractivity contribution in [3.63, 3.8) is 0 Å². The summed E-state index contributed by atoms with van der Waals surface area (Å²) in [5, 5.41) is 9.60.